The van der Waals surface area contributed by atoms with Crippen molar-refractivity contribution < 1.29 is 19.1 Å². The molecule has 0 radical (unpaired) electrons. The first-order valence-electron chi connectivity index (χ1n) is 7.55. The van der Waals surface area contributed by atoms with Crippen LogP contribution in [0.1, 0.15) is 47.1 Å². The minimum Gasteiger partial charge on any atom is -0.459 e. The molecule has 0 bridgehead atoms. The smallest absolute Gasteiger partial charge is 0.303 e. The fraction of sp³-hybridized carbons (Fsp3) is 0.471. The molecule has 1 aliphatic heterocycles. The number of nitrogens with zero attached hydrogens (tertiary/aromatic N) is 1. The molecule has 1 aromatic rings. The van der Waals surface area contributed by atoms with E-state index in [4.69, 9.17) is 16.3 Å². The molecule has 1 unspecified atom stereocenters. The molecule has 0 saturated carbocycles. The second-order valence-electron chi connectivity index (χ2n) is 6.08. The predicted molar refractivity (Wildman–Crippen MR) is 86.6 cm³/mol. The van der Waals surface area contributed by atoms with Crippen LogP contribution in [0.2, 0.25) is 0 Å². The fourth-order valence-electron chi connectivity index (χ4n) is 2.66. The van der Waals surface area contributed by atoms with Gasteiger partial charge in [-0.1, -0.05) is 19.9 Å². The van der Waals surface area contributed by atoms with Gasteiger partial charge in [0.15, 0.2) is 0 Å². The van der Waals surface area contributed by atoms with Gasteiger partial charge in [0.2, 0.25) is 0 Å². The minimum atomic E-state index is -0.702. The first-order chi connectivity index (χ1) is 10.8. The molecule has 0 saturated heterocycles. The van der Waals surface area contributed by atoms with E-state index in [9.17, 15) is 14.4 Å². The maximum absolute atomic E-state index is 12.5. The second kappa shape index (κ2) is 7.13. The number of carbonyl (C=O) groups is 3. The maximum Gasteiger partial charge on any atom is 0.303 e. The molecular weight excluding hydrogens is 318 g/mol. The van der Waals surface area contributed by atoms with Crippen molar-refractivity contribution >= 4 is 29.4 Å². The lowest BCUT2D eigenvalue weighted by Crippen LogP contribution is -2.39. The average Bonchev–Trinajstić information content (AvgIpc) is 2.70. The lowest BCUT2D eigenvalue weighted by atomic mass is 9.99. The van der Waals surface area contributed by atoms with Gasteiger partial charge in [-0.3, -0.25) is 19.3 Å². The Morgan fingerprint density at radius 2 is 1.87 bits per heavy atom. The molecule has 0 aromatic heterocycles. The highest BCUT2D eigenvalue weighted by atomic mass is 35.5. The molecule has 5 nitrogen and oxygen atoms in total. The Kier molecular flexibility index (Phi) is 5.42. The van der Waals surface area contributed by atoms with Crippen LogP contribution in [0.4, 0.5) is 0 Å². The molecule has 6 heteroatoms. The summed E-state index contributed by atoms with van der Waals surface area (Å²) < 4.78 is 5.02. The third kappa shape index (κ3) is 3.91. The van der Waals surface area contributed by atoms with Gasteiger partial charge in [0.05, 0.1) is 23.6 Å². The van der Waals surface area contributed by atoms with E-state index in [-0.39, 0.29) is 24.2 Å². The topological polar surface area (TPSA) is 63.7 Å². The van der Waals surface area contributed by atoms with E-state index in [1.54, 1.807) is 12.1 Å². The first-order valence-corrected chi connectivity index (χ1v) is 8.09. The van der Waals surface area contributed by atoms with Gasteiger partial charge in [-0.25, -0.2) is 0 Å². The van der Waals surface area contributed by atoms with Crippen molar-refractivity contribution in [3.8, 4) is 0 Å². The molecule has 1 heterocycles. The molecule has 1 atom stereocenters. The zero-order chi connectivity index (χ0) is 17.1. The molecular formula is C17H20ClNO4. The van der Waals surface area contributed by atoms with Gasteiger partial charge in [-0.15, -0.1) is 11.6 Å². The molecule has 124 valence electrons. The quantitative estimate of drug-likeness (QED) is 0.455. The molecule has 0 aliphatic carbocycles. The molecule has 0 fully saturated rings. The lowest BCUT2D eigenvalue weighted by molar-refractivity contribution is -0.145. The van der Waals surface area contributed by atoms with E-state index >= 15 is 0 Å². The third-order valence-corrected chi connectivity index (χ3v) is 3.91. The summed E-state index contributed by atoms with van der Waals surface area (Å²) >= 11 is 5.75. The Bertz CT molecular complexity index is 641. The Labute approximate surface area is 140 Å². The minimum absolute atomic E-state index is 0.0194. The van der Waals surface area contributed by atoms with E-state index < -0.39 is 12.1 Å². The summed E-state index contributed by atoms with van der Waals surface area (Å²) in [6, 6.07) is 5.34. The van der Waals surface area contributed by atoms with Gasteiger partial charge in [0.25, 0.3) is 11.8 Å². The van der Waals surface area contributed by atoms with Crippen LogP contribution < -0.4 is 0 Å². The van der Waals surface area contributed by atoms with Crippen LogP contribution in [-0.2, 0) is 16.0 Å². The van der Waals surface area contributed by atoms with Crippen molar-refractivity contribution in [2.45, 2.75) is 33.3 Å². The van der Waals surface area contributed by atoms with Crippen LogP contribution in [-0.4, -0.2) is 41.2 Å². The number of halogens is 1. The fourth-order valence-corrected chi connectivity index (χ4v) is 2.82. The zero-order valence-electron chi connectivity index (χ0n) is 13.5. The number of amides is 2. The predicted octanol–water partition coefficient (Wildman–Crippen LogP) is 2.65. The average molecular weight is 338 g/mol. The van der Waals surface area contributed by atoms with Gasteiger partial charge in [0, 0.05) is 6.92 Å². The van der Waals surface area contributed by atoms with Crippen molar-refractivity contribution in [2.75, 3.05) is 12.4 Å². The van der Waals surface area contributed by atoms with Crippen molar-refractivity contribution in [3.63, 3.8) is 0 Å². The van der Waals surface area contributed by atoms with Crippen LogP contribution in [0.5, 0.6) is 0 Å². The number of hydrogen-bond donors (Lipinski definition) is 0. The number of ether oxygens (including phenoxy) is 1. The molecule has 1 aliphatic rings. The molecule has 2 rings (SSSR count). The van der Waals surface area contributed by atoms with E-state index in [0.717, 1.165) is 16.9 Å². The largest absolute Gasteiger partial charge is 0.459 e. The number of imide groups is 1. The maximum atomic E-state index is 12.5. The summed E-state index contributed by atoms with van der Waals surface area (Å²) in [4.78, 5) is 37.0. The summed E-state index contributed by atoms with van der Waals surface area (Å²) in [7, 11) is 0. The Morgan fingerprint density at radius 1 is 1.22 bits per heavy atom. The number of fused-ring (bicyclic) bond motifs is 1. The lowest BCUT2D eigenvalue weighted by Gasteiger charge is -2.20. The van der Waals surface area contributed by atoms with Crippen LogP contribution in [0, 0.1) is 5.92 Å². The van der Waals surface area contributed by atoms with Crippen molar-refractivity contribution in [1.29, 1.82) is 0 Å². The summed E-state index contributed by atoms with van der Waals surface area (Å²) in [5, 5.41) is 0. The van der Waals surface area contributed by atoms with Crippen LogP contribution in [0.15, 0.2) is 18.2 Å². The molecule has 23 heavy (non-hydrogen) atoms. The number of hydrogen-bond acceptors (Lipinski definition) is 4. The molecule has 0 spiro atoms. The van der Waals surface area contributed by atoms with Crippen molar-refractivity contribution in [1.82, 2.24) is 4.90 Å². The summed E-state index contributed by atoms with van der Waals surface area (Å²) in [5.74, 6) is -0.750. The van der Waals surface area contributed by atoms with Crippen molar-refractivity contribution in [2.24, 2.45) is 5.92 Å². The van der Waals surface area contributed by atoms with Crippen LogP contribution in [0.25, 0.3) is 0 Å². The normalized spacial score (nSPS) is 15.1. The van der Waals surface area contributed by atoms with Crippen LogP contribution in [0.3, 0.4) is 0 Å². The number of alkyl halides is 1. The Hall–Kier alpha value is -1.88. The first kappa shape index (κ1) is 17.5. The number of rotatable bonds is 6. The van der Waals surface area contributed by atoms with Crippen LogP contribution >= 0.6 is 11.6 Å². The Morgan fingerprint density at radius 3 is 2.43 bits per heavy atom. The monoisotopic (exact) mass is 337 g/mol. The second-order valence-corrected chi connectivity index (χ2v) is 6.39. The van der Waals surface area contributed by atoms with Gasteiger partial charge in [-0.2, -0.15) is 0 Å². The van der Waals surface area contributed by atoms with E-state index in [1.165, 1.54) is 6.92 Å². The van der Waals surface area contributed by atoms with E-state index in [2.05, 4.69) is 13.8 Å². The standard InChI is InChI=1S/C17H20ClNO4/c1-10(2)6-12-4-5-14-15(7-12)17(22)19(16(14)21)9-13(8-18)23-11(3)20/h4-5,7,10,13H,6,8-9H2,1-3H3. The SMILES string of the molecule is CC(=O)OC(CCl)CN1C(=O)c2ccc(CC(C)C)cc2C1=O. The van der Waals surface area contributed by atoms with E-state index in [1.807, 2.05) is 6.07 Å². The van der Waals surface area contributed by atoms with Gasteiger partial charge in [-0.05, 0) is 30.0 Å². The van der Waals surface area contributed by atoms with Gasteiger partial charge in [0.1, 0.15) is 6.10 Å². The molecule has 0 N–H and O–H groups in total. The van der Waals surface area contributed by atoms with Crippen molar-refractivity contribution in [3.05, 3.63) is 34.9 Å². The third-order valence-electron chi connectivity index (χ3n) is 3.57. The molecule has 2 amide bonds. The number of esters is 1. The highest BCUT2D eigenvalue weighted by molar-refractivity contribution is 6.21. The summed E-state index contributed by atoms with van der Waals surface area (Å²) in [5.41, 5.74) is 1.82. The summed E-state index contributed by atoms with van der Waals surface area (Å²) in [6.45, 7) is 5.42. The molecule has 1 aromatic carbocycles. The number of benzene rings is 1. The zero-order valence-corrected chi connectivity index (χ0v) is 14.2. The van der Waals surface area contributed by atoms with Gasteiger partial charge >= 0.3 is 5.97 Å². The summed E-state index contributed by atoms with van der Waals surface area (Å²) in [6.07, 6.45) is 0.137. The number of carbonyl (C=O) groups excluding carboxylic acids is 3. The Balaban J connectivity index is 2.21. The van der Waals surface area contributed by atoms with Gasteiger partial charge < -0.3 is 4.74 Å². The highest BCUT2D eigenvalue weighted by Gasteiger charge is 2.37. The van der Waals surface area contributed by atoms with E-state index in [0.29, 0.717) is 17.0 Å². The highest BCUT2D eigenvalue weighted by Crippen LogP contribution is 2.25.